The first-order valence-electron chi connectivity index (χ1n) is 13.2. The molecule has 3 N–H and O–H groups in total. The maximum atomic E-state index is 15.7. The number of hydrogen-bond acceptors (Lipinski definition) is 8. The van der Waals surface area contributed by atoms with Crippen LogP contribution in [0.2, 0.25) is 0 Å². The fourth-order valence-electron chi connectivity index (χ4n) is 5.47. The zero-order valence-corrected chi connectivity index (χ0v) is 22.6. The number of aromatic nitrogens is 2. The van der Waals surface area contributed by atoms with E-state index in [0.717, 1.165) is 11.1 Å². The first-order valence-corrected chi connectivity index (χ1v) is 13.2. The van der Waals surface area contributed by atoms with Crippen molar-refractivity contribution in [3.63, 3.8) is 0 Å². The van der Waals surface area contributed by atoms with Gasteiger partial charge in [0.05, 0.1) is 13.2 Å². The Morgan fingerprint density at radius 3 is 2.34 bits per heavy atom. The summed E-state index contributed by atoms with van der Waals surface area (Å²) in [7, 11) is 0. The molecule has 1 unspecified atom stereocenters. The van der Waals surface area contributed by atoms with Crippen molar-refractivity contribution in [3.8, 4) is 22.6 Å². The Bertz CT molecular complexity index is 1810. The van der Waals surface area contributed by atoms with Crippen molar-refractivity contribution in [1.82, 2.24) is 9.97 Å². The van der Waals surface area contributed by atoms with Crippen LogP contribution in [0.25, 0.3) is 11.1 Å². The monoisotopic (exact) mass is 611 g/mol. The van der Waals surface area contributed by atoms with Gasteiger partial charge in [0.2, 0.25) is 5.95 Å². The van der Waals surface area contributed by atoms with Crippen LogP contribution in [0, 0.1) is 11.9 Å². The number of pyridine rings is 2. The van der Waals surface area contributed by atoms with Crippen LogP contribution in [0.1, 0.15) is 22.3 Å². The van der Waals surface area contributed by atoms with Crippen molar-refractivity contribution < 1.29 is 41.3 Å². The van der Waals surface area contributed by atoms with Crippen molar-refractivity contribution in [1.29, 1.82) is 0 Å². The Morgan fingerprint density at radius 2 is 1.64 bits per heavy atom. The van der Waals surface area contributed by atoms with Gasteiger partial charge in [0.25, 0.3) is 5.95 Å². The highest BCUT2D eigenvalue weighted by molar-refractivity contribution is 6.03. The molecular formula is C30H22F5N5O4. The number of benzene rings is 2. The quantitative estimate of drug-likeness (QED) is 0.240. The number of carboxylic acids is 1. The molecule has 1 saturated heterocycles. The van der Waals surface area contributed by atoms with Crippen molar-refractivity contribution in [2.45, 2.75) is 11.7 Å². The number of nitrogens with two attached hydrogens (primary N) is 1. The lowest BCUT2D eigenvalue weighted by Crippen LogP contribution is -2.38. The van der Waals surface area contributed by atoms with E-state index in [9.17, 15) is 17.6 Å². The Kier molecular flexibility index (Phi) is 7.16. The Labute approximate surface area is 246 Å². The van der Waals surface area contributed by atoms with Crippen LogP contribution in [-0.2, 0) is 15.1 Å². The highest BCUT2D eigenvalue weighted by Crippen LogP contribution is 2.57. The van der Waals surface area contributed by atoms with Gasteiger partial charge in [-0.2, -0.15) is 26.9 Å². The van der Waals surface area contributed by atoms with Gasteiger partial charge in [-0.25, -0.2) is 14.8 Å². The molecule has 2 aromatic heterocycles. The van der Waals surface area contributed by atoms with Gasteiger partial charge in [-0.3, -0.25) is 0 Å². The predicted molar refractivity (Wildman–Crippen MR) is 148 cm³/mol. The van der Waals surface area contributed by atoms with Crippen LogP contribution in [-0.4, -0.2) is 59.4 Å². The number of carbonyl (C=O) groups is 1. The molecule has 7 rings (SSSR count). The summed E-state index contributed by atoms with van der Waals surface area (Å²) in [5.41, 5.74) is 8.86. The number of anilines is 1. The van der Waals surface area contributed by atoms with Gasteiger partial charge < -0.3 is 25.2 Å². The van der Waals surface area contributed by atoms with Crippen LogP contribution >= 0.6 is 0 Å². The van der Waals surface area contributed by atoms with Gasteiger partial charge >= 0.3 is 12.1 Å². The fraction of sp³-hybridized carbons (Fsp3) is 0.200. The molecule has 0 bridgehead atoms. The largest absolute Gasteiger partial charge is 0.490 e. The summed E-state index contributed by atoms with van der Waals surface area (Å²) in [6, 6.07) is 18.0. The molecular weight excluding hydrogens is 589 g/mol. The zero-order chi connectivity index (χ0) is 31.2. The molecule has 0 amide bonds. The van der Waals surface area contributed by atoms with Crippen molar-refractivity contribution >= 4 is 17.6 Å². The molecule has 3 aliphatic heterocycles. The second-order valence-corrected chi connectivity index (χ2v) is 9.96. The minimum atomic E-state index is -5.08. The third-order valence-corrected chi connectivity index (χ3v) is 7.42. The first-order chi connectivity index (χ1) is 21.0. The van der Waals surface area contributed by atoms with Gasteiger partial charge in [0, 0.05) is 41.5 Å². The molecule has 3 aliphatic rings. The zero-order valence-electron chi connectivity index (χ0n) is 22.6. The van der Waals surface area contributed by atoms with Crippen molar-refractivity contribution in [2.24, 2.45) is 10.7 Å². The Morgan fingerprint density at radius 1 is 0.932 bits per heavy atom. The number of halogens is 5. The lowest BCUT2D eigenvalue weighted by Gasteiger charge is -2.37. The SMILES string of the molecule is NC1=NC2(c3cc(-c4cccnc4F)ccc3Oc3c2cc(N2CCOCC2)nc3F)c2ccccc21.O=C(O)C(F)(F)F. The number of carboxylic acid groups (broad SMARTS) is 1. The lowest BCUT2D eigenvalue weighted by atomic mass is 9.75. The summed E-state index contributed by atoms with van der Waals surface area (Å²) in [6.07, 6.45) is -3.68. The number of fused-ring (bicyclic) bond motifs is 6. The summed E-state index contributed by atoms with van der Waals surface area (Å²) in [6.45, 7) is 2.22. The van der Waals surface area contributed by atoms with Crippen LogP contribution in [0.15, 0.2) is 71.9 Å². The first kappa shape index (κ1) is 29.0. The molecule has 9 nitrogen and oxygen atoms in total. The van der Waals surface area contributed by atoms with E-state index in [1.54, 1.807) is 24.3 Å². The molecule has 1 spiro atoms. The van der Waals surface area contributed by atoms with Gasteiger partial charge in [-0.15, -0.1) is 0 Å². The van der Waals surface area contributed by atoms with Gasteiger partial charge in [0.1, 0.15) is 22.9 Å². The lowest BCUT2D eigenvalue weighted by molar-refractivity contribution is -0.192. The minimum absolute atomic E-state index is 0.00179. The summed E-state index contributed by atoms with van der Waals surface area (Å²) in [5.74, 6) is -2.88. The number of ether oxygens (including phenoxy) is 2. The highest BCUT2D eigenvalue weighted by atomic mass is 19.4. The van der Waals surface area contributed by atoms with E-state index >= 15 is 4.39 Å². The van der Waals surface area contributed by atoms with Crippen LogP contribution in [0.3, 0.4) is 0 Å². The number of morpholine rings is 1. The molecule has 0 saturated carbocycles. The third-order valence-electron chi connectivity index (χ3n) is 7.42. The average Bonchev–Trinajstić information content (AvgIpc) is 3.31. The van der Waals surface area contributed by atoms with E-state index in [-0.39, 0.29) is 5.75 Å². The highest BCUT2D eigenvalue weighted by Gasteiger charge is 2.50. The predicted octanol–water partition coefficient (Wildman–Crippen LogP) is 5.01. The van der Waals surface area contributed by atoms with Gasteiger partial charge in [-0.05, 0) is 41.5 Å². The molecule has 226 valence electrons. The molecule has 0 aliphatic carbocycles. The minimum Gasteiger partial charge on any atom is -0.475 e. The second kappa shape index (κ2) is 10.9. The molecule has 14 heteroatoms. The van der Waals surface area contributed by atoms with E-state index in [1.165, 1.54) is 6.20 Å². The molecule has 44 heavy (non-hydrogen) atoms. The van der Waals surface area contributed by atoms with E-state index in [2.05, 4.69) is 9.97 Å². The molecule has 1 fully saturated rings. The molecule has 0 radical (unpaired) electrons. The summed E-state index contributed by atoms with van der Waals surface area (Å²) >= 11 is 0. The summed E-state index contributed by atoms with van der Waals surface area (Å²) < 4.78 is 73.6. The van der Waals surface area contributed by atoms with Crippen molar-refractivity contribution in [2.75, 3.05) is 31.2 Å². The molecule has 1 atom stereocenters. The standard InChI is InChI=1S/C28H21F2N5O2.C2HF3O2/c29-25-17(5-3-9-32-25)16-7-8-22-20(14-16)28(19-6-2-1-4-18(19)27(31)34-28)21-15-23(33-26(30)24(21)37-22)35-10-12-36-13-11-35;3-2(4,5)1(6)7/h1-9,14-15H,10-13H2,(H2,31,34);(H,6,7). The topological polar surface area (TPSA) is 123 Å². The van der Waals surface area contributed by atoms with Gasteiger partial charge in [-0.1, -0.05) is 30.3 Å². The Hall–Kier alpha value is -5.11. The smallest absolute Gasteiger partial charge is 0.475 e. The summed E-state index contributed by atoms with van der Waals surface area (Å²) in [5, 5.41) is 7.12. The number of rotatable bonds is 2. The van der Waals surface area contributed by atoms with E-state index in [0.29, 0.717) is 66.0 Å². The number of aliphatic imine (C=N–C) groups is 1. The Balaban J connectivity index is 0.000000441. The molecule has 4 aromatic rings. The van der Waals surface area contributed by atoms with Crippen LogP contribution < -0.4 is 15.4 Å². The normalized spacial score (nSPS) is 18.3. The third kappa shape index (κ3) is 4.86. The van der Waals surface area contributed by atoms with Crippen LogP contribution in [0.4, 0.5) is 27.8 Å². The van der Waals surface area contributed by atoms with Crippen LogP contribution in [0.5, 0.6) is 11.5 Å². The van der Waals surface area contributed by atoms with E-state index in [1.807, 2.05) is 41.3 Å². The number of aliphatic carboxylic acids is 1. The maximum Gasteiger partial charge on any atom is 0.490 e. The number of amidine groups is 1. The van der Waals surface area contributed by atoms with Gasteiger partial charge in [0.15, 0.2) is 5.75 Å². The second-order valence-electron chi connectivity index (χ2n) is 9.96. The van der Waals surface area contributed by atoms with Crippen molar-refractivity contribution in [3.05, 3.63) is 101 Å². The molecule has 5 heterocycles. The maximum absolute atomic E-state index is 15.7. The average molecular weight is 612 g/mol. The van der Waals surface area contributed by atoms with E-state index in [4.69, 9.17) is 30.1 Å². The molecule has 2 aromatic carbocycles. The fourth-order valence-corrected chi connectivity index (χ4v) is 5.47. The van der Waals surface area contributed by atoms with E-state index < -0.39 is 29.6 Å². The number of alkyl halides is 3. The summed E-state index contributed by atoms with van der Waals surface area (Å²) in [4.78, 5) is 23.9. The number of nitrogens with zero attached hydrogens (tertiary/aromatic N) is 4. The number of hydrogen-bond donors (Lipinski definition) is 2.